The monoisotopic (exact) mass is 280 g/mol. The highest BCUT2D eigenvalue weighted by atomic mass is 16.2. The van der Waals surface area contributed by atoms with Crippen LogP contribution in [0.3, 0.4) is 0 Å². The van der Waals surface area contributed by atoms with Crippen molar-refractivity contribution in [3.63, 3.8) is 0 Å². The minimum absolute atomic E-state index is 0.0327. The van der Waals surface area contributed by atoms with Gasteiger partial charge in [-0.05, 0) is 49.8 Å². The van der Waals surface area contributed by atoms with Crippen molar-refractivity contribution in [1.29, 1.82) is 0 Å². The first-order valence-electron chi connectivity index (χ1n) is 7.74. The van der Waals surface area contributed by atoms with E-state index >= 15 is 0 Å². The van der Waals surface area contributed by atoms with E-state index in [1.54, 1.807) is 0 Å². The number of aryl methyl sites for hydroxylation is 2. The first kappa shape index (κ1) is 12.7. The smallest absolute Gasteiger partial charge is 0.268 e. The summed E-state index contributed by atoms with van der Waals surface area (Å²) in [5, 5.41) is 3.21. The summed E-state index contributed by atoms with van der Waals surface area (Å²) in [7, 11) is 0. The highest BCUT2D eigenvalue weighted by Crippen LogP contribution is 2.51. The molecular formula is C18H20N2O. The Kier molecular flexibility index (Phi) is 2.71. The molecule has 2 aromatic rings. The zero-order valence-electron chi connectivity index (χ0n) is 12.3. The molecule has 3 nitrogen and oxygen atoms in total. The molecule has 2 aliphatic rings. The lowest BCUT2D eigenvalue weighted by Gasteiger charge is -2.14. The quantitative estimate of drug-likeness (QED) is 0.891. The van der Waals surface area contributed by atoms with Crippen LogP contribution in [0.5, 0.6) is 0 Å². The maximum atomic E-state index is 12.4. The van der Waals surface area contributed by atoms with Crippen molar-refractivity contribution in [1.82, 2.24) is 10.3 Å². The molecule has 1 amide bonds. The fraction of sp³-hybridized carbons (Fsp3) is 0.389. The van der Waals surface area contributed by atoms with Crippen LogP contribution in [0.4, 0.5) is 0 Å². The molecule has 0 radical (unpaired) electrons. The summed E-state index contributed by atoms with van der Waals surface area (Å²) >= 11 is 0. The molecular weight excluding hydrogens is 260 g/mol. The van der Waals surface area contributed by atoms with E-state index in [4.69, 9.17) is 0 Å². The topological polar surface area (TPSA) is 44.9 Å². The second-order valence-corrected chi connectivity index (χ2v) is 6.58. The summed E-state index contributed by atoms with van der Waals surface area (Å²) in [5.41, 5.74) is 4.50. The van der Waals surface area contributed by atoms with Gasteiger partial charge in [0.25, 0.3) is 5.91 Å². The van der Waals surface area contributed by atoms with E-state index in [2.05, 4.69) is 41.5 Å². The summed E-state index contributed by atoms with van der Waals surface area (Å²) in [5.74, 6) is 0.467. The second kappa shape index (κ2) is 4.48. The number of fused-ring (bicyclic) bond motifs is 1. The predicted octanol–water partition coefficient (Wildman–Crippen LogP) is 3.18. The zero-order valence-corrected chi connectivity index (χ0v) is 12.3. The molecule has 1 aromatic heterocycles. The van der Waals surface area contributed by atoms with Crippen molar-refractivity contribution >= 4 is 5.91 Å². The molecule has 2 aliphatic carbocycles. The minimum Gasteiger partial charge on any atom is -0.354 e. The molecule has 0 spiro atoms. The SMILES string of the molecule is C[C@]1(NC(=O)c2cc3c([nH]2)CCC3)C[C@@H]1c1ccccc1. The summed E-state index contributed by atoms with van der Waals surface area (Å²) < 4.78 is 0. The molecule has 1 aromatic carbocycles. The van der Waals surface area contributed by atoms with Crippen molar-refractivity contribution in [2.24, 2.45) is 0 Å². The van der Waals surface area contributed by atoms with E-state index in [9.17, 15) is 4.79 Å². The predicted molar refractivity (Wildman–Crippen MR) is 82.5 cm³/mol. The van der Waals surface area contributed by atoms with E-state index in [-0.39, 0.29) is 11.4 Å². The van der Waals surface area contributed by atoms with Crippen LogP contribution in [-0.2, 0) is 12.8 Å². The van der Waals surface area contributed by atoms with E-state index in [0.717, 1.165) is 25.0 Å². The molecule has 0 aliphatic heterocycles. The van der Waals surface area contributed by atoms with E-state index < -0.39 is 0 Å². The molecule has 0 bridgehead atoms. The van der Waals surface area contributed by atoms with Gasteiger partial charge in [0.2, 0.25) is 0 Å². The Balaban J connectivity index is 1.47. The van der Waals surface area contributed by atoms with Gasteiger partial charge in [0.15, 0.2) is 0 Å². The van der Waals surface area contributed by atoms with Crippen molar-refractivity contribution in [2.75, 3.05) is 0 Å². The standard InChI is InChI=1S/C18H20N2O/c1-18(11-14(18)12-6-3-2-4-7-12)20-17(21)16-10-13-8-5-9-15(13)19-16/h2-4,6-7,10,14,19H,5,8-9,11H2,1H3,(H,20,21)/t14-,18+/m1/s1. The van der Waals surface area contributed by atoms with Crippen LogP contribution < -0.4 is 5.32 Å². The number of hydrogen-bond donors (Lipinski definition) is 2. The van der Waals surface area contributed by atoms with Gasteiger partial charge in [0.1, 0.15) is 5.69 Å². The Hall–Kier alpha value is -2.03. The van der Waals surface area contributed by atoms with Crippen LogP contribution in [0, 0.1) is 0 Å². The van der Waals surface area contributed by atoms with Gasteiger partial charge in [-0.2, -0.15) is 0 Å². The molecule has 3 heteroatoms. The molecule has 2 atom stereocenters. The number of aromatic nitrogens is 1. The Bertz CT molecular complexity index is 667. The number of hydrogen-bond acceptors (Lipinski definition) is 1. The highest BCUT2D eigenvalue weighted by Gasteiger charge is 2.52. The van der Waals surface area contributed by atoms with Crippen molar-refractivity contribution in [2.45, 2.75) is 44.1 Å². The lowest BCUT2D eigenvalue weighted by molar-refractivity contribution is 0.0929. The second-order valence-electron chi connectivity index (χ2n) is 6.58. The van der Waals surface area contributed by atoms with Crippen LogP contribution in [-0.4, -0.2) is 16.4 Å². The van der Waals surface area contributed by atoms with Gasteiger partial charge in [-0.25, -0.2) is 0 Å². The summed E-state index contributed by atoms with van der Waals surface area (Å²) in [6.07, 6.45) is 4.40. The first-order chi connectivity index (χ1) is 10.2. The van der Waals surface area contributed by atoms with Gasteiger partial charge in [0, 0.05) is 17.2 Å². The Morgan fingerprint density at radius 1 is 1.29 bits per heavy atom. The fourth-order valence-corrected chi connectivity index (χ4v) is 3.57. The number of benzene rings is 1. The molecule has 0 unspecified atom stereocenters. The summed E-state index contributed by atoms with van der Waals surface area (Å²) in [6.45, 7) is 2.14. The Labute approximate surface area is 124 Å². The number of aromatic amines is 1. The van der Waals surface area contributed by atoms with Gasteiger partial charge in [0.05, 0.1) is 0 Å². The van der Waals surface area contributed by atoms with Gasteiger partial charge in [-0.3, -0.25) is 4.79 Å². The number of nitrogens with one attached hydrogen (secondary N) is 2. The van der Waals surface area contributed by atoms with Crippen molar-refractivity contribution < 1.29 is 4.79 Å². The largest absolute Gasteiger partial charge is 0.354 e. The number of carbonyl (C=O) groups excluding carboxylic acids is 1. The van der Waals surface area contributed by atoms with Crippen LogP contribution in [0.25, 0.3) is 0 Å². The lowest BCUT2D eigenvalue weighted by atomic mass is 10.1. The highest BCUT2D eigenvalue weighted by molar-refractivity contribution is 5.93. The summed E-state index contributed by atoms with van der Waals surface area (Å²) in [6, 6.07) is 12.5. The van der Waals surface area contributed by atoms with Crippen molar-refractivity contribution in [3.8, 4) is 0 Å². The normalized spacial score (nSPS) is 26.4. The third-order valence-electron chi connectivity index (χ3n) is 4.95. The molecule has 21 heavy (non-hydrogen) atoms. The molecule has 2 N–H and O–H groups in total. The van der Waals surface area contributed by atoms with E-state index in [1.807, 2.05) is 12.1 Å². The van der Waals surface area contributed by atoms with E-state index in [1.165, 1.54) is 23.2 Å². The van der Waals surface area contributed by atoms with E-state index in [0.29, 0.717) is 5.92 Å². The maximum Gasteiger partial charge on any atom is 0.268 e. The van der Waals surface area contributed by atoms with Crippen LogP contribution in [0.2, 0.25) is 0 Å². The first-order valence-corrected chi connectivity index (χ1v) is 7.74. The lowest BCUT2D eigenvalue weighted by Crippen LogP contribution is -2.36. The van der Waals surface area contributed by atoms with Gasteiger partial charge in [-0.1, -0.05) is 30.3 Å². The summed E-state index contributed by atoms with van der Waals surface area (Å²) in [4.78, 5) is 15.7. The van der Waals surface area contributed by atoms with Gasteiger partial charge >= 0.3 is 0 Å². The van der Waals surface area contributed by atoms with Crippen LogP contribution in [0.1, 0.15) is 53.0 Å². The molecule has 1 fully saturated rings. The third kappa shape index (κ3) is 2.17. The number of amides is 1. The Morgan fingerprint density at radius 2 is 2.10 bits per heavy atom. The van der Waals surface area contributed by atoms with Crippen LogP contribution in [0.15, 0.2) is 36.4 Å². The fourth-order valence-electron chi connectivity index (χ4n) is 3.57. The van der Waals surface area contributed by atoms with Crippen LogP contribution >= 0.6 is 0 Å². The zero-order chi connectivity index (χ0) is 14.4. The van der Waals surface area contributed by atoms with Gasteiger partial charge in [-0.15, -0.1) is 0 Å². The molecule has 4 rings (SSSR count). The maximum absolute atomic E-state index is 12.4. The van der Waals surface area contributed by atoms with Gasteiger partial charge < -0.3 is 10.3 Å². The number of carbonyl (C=O) groups is 1. The minimum atomic E-state index is -0.103. The average Bonchev–Trinajstić information content (AvgIpc) is 2.83. The Morgan fingerprint density at radius 3 is 2.86 bits per heavy atom. The molecule has 1 saturated carbocycles. The third-order valence-corrected chi connectivity index (χ3v) is 4.95. The molecule has 1 heterocycles. The molecule has 108 valence electrons. The molecule has 0 saturated heterocycles. The number of rotatable bonds is 3. The van der Waals surface area contributed by atoms with Crippen molar-refractivity contribution in [3.05, 3.63) is 58.9 Å². The average molecular weight is 280 g/mol. The number of H-pyrrole nitrogens is 1.